The van der Waals surface area contributed by atoms with Crippen molar-refractivity contribution in [3.05, 3.63) is 12.2 Å². The number of hydrogen-bond donors (Lipinski definition) is 0. The first-order valence-electron chi connectivity index (χ1n) is 3.54. The highest BCUT2D eigenvalue weighted by atomic mass is 14.2. The Morgan fingerprint density at radius 2 is 2.25 bits per heavy atom. The molecule has 1 aliphatic rings. The zero-order chi connectivity index (χ0) is 5.82. The Morgan fingerprint density at radius 1 is 1.50 bits per heavy atom. The van der Waals surface area contributed by atoms with Gasteiger partial charge in [-0.2, -0.15) is 0 Å². The summed E-state index contributed by atoms with van der Waals surface area (Å²) in [6.45, 7) is 2.10. The first kappa shape index (κ1) is 5.87. The summed E-state index contributed by atoms with van der Waals surface area (Å²) in [5, 5.41) is 0. The molecule has 0 heteroatoms. The molecule has 0 amide bonds. The normalized spacial score (nSPS) is 21.6. The molecule has 0 spiro atoms. The predicted molar refractivity (Wildman–Crippen MR) is 36.8 cm³/mol. The molecule has 0 unspecified atom stereocenters. The third kappa shape index (κ3) is 1.36. The van der Waals surface area contributed by atoms with Crippen LogP contribution in [0, 0.1) is 5.92 Å². The van der Waals surface area contributed by atoms with Gasteiger partial charge in [0.05, 0.1) is 0 Å². The predicted octanol–water partition coefficient (Wildman–Crippen LogP) is 2.75. The maximum Gasteiger partial charge on any atom is -0.0322 e. The van der Waals surface area contributed by atoms with Gasteiger partial charge in [0.15, 0.2) is 0 Å². The van der Waals surface area contributed by atoms with E-state index in [0.717, 1.165) is 5.92 Å². The molecule has 0 saturated heterocycles. The second-order valence-electron chi connectivity index (χ2n) is 2.60. The van der Waals surface area contributed by atoms with Gasteiger partial charge < -0.3 is 0 Å². The van der Waals surface area contributed by atoms with Crippen LogP contribution in [0.15, 0.2) is 12.2 Å². The molecule has 0 aromatic carbocycles. The van der Waals surface area contributed by atoms with Gasteiger partial charge in [0.25, 0.3) is 0 Å². The Balaban J connectivity index is 2.01. The molecular formula is C8H14. The fourth-order valence-electron chi connectivity index (χ4n) is 1.06. The second kappa shape index (κ2) is 2.91. The lowest BCUT2D eigenvalue weighted by Crippen LogP contribution is -2.08. The van der Waals surface area contributed by atoms with Crippen molar-refractivity contribution in [1.82, 2.24) is 0 Å². The Kier molecular flexibility index (Phi) is 2.13. The first-order chi connectivity index (χ1) is 3.93. The SMILES string of the molecule is C/C=C\CC1CCC1. The molecular weight excluding hydrogens is 96.1 g/mol. The molecule has 1 fully saturated rings. The van der Waals surface area contributed by atoms with Crippen molar-refractivity contribution < 1.29 is 0 Å². The average Bonchev–Trinajstić information content (AvgIpc) is 1.63. The summed E-state index contributed by atoms with van der Waals surface area (Å²) in [6, 6.07) is 0. The van der Waals surface area contributed by atoms with Crippen molar-refractivity contribution in [1.29, 1.82) is 0 Å². The molecule has 0 heterocycles. The fraction of sp³-hybridized carbons (Fsp3) is 0.750. The maximum atomic E-state index is 2.28. The van der Waals surface area contributed by atoms with E-state index >= 15 is 0 Å². The molecule has 0 bridgehead atoms. The van der Waals surface area contributed by atoms with Crippen LogP contribution in [0.25, 0.3) is 0 Å². The van der Waals surface area contributed by atoms with Crippen LogP contribution < -0.4 is 0 Å². The summed E-state index contributed by atoms with van der Waals surface area (Å²) >= 11 is 0. The van der Waals surface area contributed by atoms with Crippen LogP contribution in [0.4, 0.5) is 0 Å². The van der Waals surface area contributed by atoms with E-state index in [0.29, 0.717) is 0 Å². The summed E-state index contributed by atoms with van der Waals surface area (Å²) in [7, 11) is 0. The molecule has 0 aromatic heterocycles. The van der Waals surface area contributed by atoms with Gasteiger partial charge in [0.2, 0.25) is 0 Å². The van der Waals surface area contributed by atoms with E-state index in [1.807, 2.05) is 0 Å². The van der Waals surface area contributed by atoms with Crippen molar-refractivity contribution in [2.45, 2.75) is 32.6 Å². The maximum absolute atomic E-state index is 2.28. The summed E-state index contributed by atoms with van der Waals surface area (Å²) in [5.41, 5.74) is 0. The van der Waals surface area contributed by atoms with Crippen LogP contribution in [-0.2, 0) is 0 Å². The van der Waals surface area contributed by atoms with Gasteiger partial charge in [0, 0.05) is 0 Å². The van der Waals surface area contributed by atoms with Crippen molar-refractivity contribution in [2.75, 3.05) is 0 Å². The quantitative estimate of drug-likeness (QED) is 0.479. The average molecular weight is 110 g/mol. The van der Waals surface area contributed by atoms with Crippen molar-refractivity contribution >= 4 is 0 Å². The highest BCUT2D eigenvalue weighted by Crippen LogP contribution is 2.29. The van der Waals surface area contributed by atoms with Crippen LogP contribution in [0.3, 0.4) is 0 Å². The van der Waals surface area contributed by atoms with E-state index in [1.54, 1.807) is 0 Å². The minimum Gasteiger partial charge on any atom is -0.0917 e. The summed E-state index contributed by atoms with van der Waals surface area (Å²) in [6.07, 6.45) is 10.2. The highest BCUT2D eigenvalue weighted by molar-refractivity contribution is 4.83. The van der Waals surface area contributed by atoms with Crippen LogP contribution in [-0.4, -0.2) is 0 Å². The van der Waals surface area contributed by atoms with E-state index in [1.165, 1.54) is 25.7 Å². The minimum atomic E-state index is 1.05. The van der Waals surface area contributed by atoms with Crippen LogP contribution in [0.1, 0.15) is 32.6 Å². The molecule has 1 saturated carbocycles. The van der Waals surface area contributed by atoms with Crippen molar-refractivity contribution in [3.63, 3.8) is 0 Å². The number of rotatable bonds is 2. The van der Waals surface area contributed by atoms with Gasteiger partial charge in [-0.25, -0.2) is 0 Å². The molecule has 0 radical (unpaired) electrons. The third-order valence-electron chi connectivity index (χ3n) is 1.93. The zero-order valence-electron chi connectivity index (χ0n) is 5.56. The lowest BCUT2D eigenvalue weighted by atomic mass is 9.83. The minimum absolute atomic E-state index is 1.05. The van der Waals surface area contributed by atoms with Gasteiger partial charge in [-0.3, -0.25) is 0 Å². The Hall–Kier alpha value is -0.260. The molecule has 0 N–H and O–H groups in total. The fourth-order valence-corrected chi connectivity index (χ4v) is 1.06. The summed E-state index contributed by atoms with van der Waals surface area (Å²) < 4.78 is 0. The van der Waals surface area contributed by atoms with Crippen molar-refractivity contribution in [2.24, 2.45) is 5.92 Å². The number of allylic oxidation sites excluding steroid dienone is 2. The number of hydrogen-bond acceptors (Lipinski definition) is 0. The van der Waals surface area contributed by atoms with E-state index < -0.39 is 0 Å². The Bertz CT molecular complexity index is 78.0. The largest absolute Gasteiger partial charge is 0.0917 e. The molecule has 0 atom stereocenters. The van der Waals surface area contributed by atoms with Gasteiger partial charge in [-0.05, 0) is 19.3 Å². The molecule has 0 nitrogen and oxygen atoms in total. The van der Waals surface area contributed by atoms with Crippen molar-refractivity contribution in [3.8, 4) is 0 Å². The zero-order valence-corrected chi connectivity index (χ0v) is 5.56. The monoisotopic (exact) mass is 110 g/mol. The Morgan fingerprint density at radius 3 is 2.62 bits per heavy atom. The lowest BCUT2D eigenvalue weighted by Gasteiger charge is -2.23. The summed E-state index contributed by atoms with van der Waals surface area (Å²) in [5.74, 6) is 1.05. The van der Waals surface area contributed by atoms with E-state index in [-0.39, 0.29) is 0 Å². The molecule has 0 aliphatic heterocycles. The smallest absolute Gasteiger partial charge is 0.0322 e. The van der Waals surface area contributed by atoms with Gasteiger partial charge >= 0.3 is 0 Å². The molecule has 8 heavy (non-hydrogen) atoms. The van der Waals surface area contributed by atoms with Crippen LogP contribution in [0.2, 0.25) is 0 Å². The molecule has 1 rings (SSSR count). The standard InChI is InChI=1S/C8H14/c1-2-3-5-8-6-4-7-8/h2-3,8H,4-7H2,1H3/b3-2-. The third-order valence-corrected chi connectivity index (χ3v) is 1.93. The molecule has 46 valence electrons. The van der Waals surface area contributed by atoms with E-state index in [4.69, 9.17) is 0 Å². The summed E-state index contributed by atoms with van der Waals surface area (Å²) in [4.78, 5) is 0. The van der Waals surface area contributed by atoms with E-state index in [2.05, 4.69) is 19.1 Å². The molecule has 0 aromatic rings. The van der Waals surface area contributed by atoms with Gasteiger partial charge in [-0.15, -0.1) is 0 Å². The van der Waals surface area contributed by atoms with Crippen LogP contribution >= 0.6 is 0 Å². The Labute approximate surface area is 51.6 Å². The topological polar surface area (TPSA) is 0 Å². The molecule has 1 aliphatic carbocycles. The lowest BCUT2D eigenvalue weighted by molar-refractivity contribution is 0.319. The highest BCUT2D eigenvalue weighted by Gasteiger charge is 2.14. The first-order valence-corrected chi connectivity index (χ1v) is 3.54. The van der Waals surface area contributed by atoms with Gasteiger partial charge in [-0.1, -0.05) is 31.4 Å². The van der Waals surface area contributed by atoms with E-state index in [9.17, 15) is 0 Å². The van der Waals surface area contributed by atoms with Crippen LogP contribution in [0.5, 0.6) is 0 Å². The second-order valence-corrected chi connectivity index (χ2v) is 2.60. The van der Waals surface area contributed by atoms with Gasteiger partial charge in [0.1, 0.15) is 0 Å².